The average molecular weight is 405 g/mol. The molecule has 1 aliphatic carbocycles. The van der Waals surface area contributed by atoms with Gasteiger partial charge in [-0.15, -0.1) is 0 Å². The lowest BCUT2D eigenvalue weighted by atomic mass is 10.0. The number of carbonyl (C=O) groups excluding carboxylic acids is 2. The van der Waals surface area contributed by atoms with E-state index in [2.05, 4.69) is 10.4 Å². The molecule has 4 rings (SSSR count). The summed E-state index contributed by atoms with van der Waals surface area (Å²) in [6.45, 7) is 0.937. The van der Waals surface area contributed by atoms with Gasteiger partial charge in [0.1, 0.15) is 11.5 Å². The van der Waals surface area contributed by atoms with Crippen molar-refractivity contribution in [1.82, 2.24) is 20.0 Å². The van der Waals surface area contributed by atoms with E-state index < -0.39 is 17.3 Å². The first kappa shape index (κ1) is 18.4. The van der Waals surface area contributed by atoms with Crippen LogP contribution in [0.15, 0.2) is 18.2 Å². The van der Waals surface area contributed by atoms with Crippen LogP contribution in [-0.4, -0.2) is 44.9 Å². The van der Waals surface area contributed by atoms with Crippen LogP contribution in [0.3, 0.4) is 0 Å². The zero-order valence-corrected chi connectivity index (χ0v) is 15.6. The molecule has 8 nitrogen and oxygen atoms in total. The Labute approximate surface area is 164 Å². The zero-order valence-electron chi connectivity index (χ0n) is 14.8. The Kier molecular flexibility index (Phi) is 4.34. The molecule has 1 aromatic heterocycles. The summed E-state index contributed by atoms with van der Waals surface area (Å²) in [5.41, 5.74) is 6.54. The molecule has 0 saturated heterocycles. The largest absolute Gasteiger partial charge is 0.365 e. The van der Waals surface area contributed by atoms with Crippen LogP contribution in [0.4, 0.5) is 9.18 Å². The van der Waals surface area contributed by atoms with E-state index >= 15 is 0 Å². The second-order valence-electron chi connectivity index (χ2n) is 7.04. The summed E-state index contributed by atoms with van der Waals surface area (Å²) in [5.74, 6) is -1.25. The molecule has 28 heavy (non-hydrogen) atoms. The third-order valence-electron chi connectivity index (χ3n) is 5.13. The van der Waals surface area contributed by atoms with E-state index in [1.807, 2.05) is 0 Å². The van der Waals surface area contributed by atoms with E-state index in [1.54, 1.807) is 9.58 Å². The molecule has 0 atom stereocenters. The summed E-state index contributed by atoms with van der Waals surface area (Å²) in [6, 6.07) is 3.78. The van der Waals surface area contributed by atoms with Crippen LogP contribution in [0.25, 0.3) is 11.3 Å². The number of nitrogens with one attached hydrogen (secondary N) is 2. The molecule has 10 heteroatoms. The van der Waals surface area contributed by atoms with Crippen molar-refractivity contribution in [3.63, 3.8) is 0 Å². The van der Waals surface area contributed by atoms with Crippen molar-refractivity contribution in [2.24, 2.45) is 5.73 Å². The number of amides is 3. The average Bonchev–Trinajstić information content (AvgIpc) is 3.33. The smallest absolute Gasteiger partial charge is 0.318 e. The molecule has 2 heterocycles. The number of hydrogen-bond acceptors (Lipinski definition) is 4. The molecule has 146 valence electrons. The molecule has 3 amide bonds. The van der Waals surface area contributed by atoms with Crippen molar-refractivity contribution >= 4 is 29.8 Å². The van der Waals surface area contributed by atoms with Gasteiger partial charge in [-0.05, 0) is 31.0 Å². The fraction of sp³-hybridized carbons (Fsp3) is 0.333. The highest BCUT2D eigenvalue weighted by molar-refractivity contribution is 6.31. The van der Waals surface area contributed by atoms with Gasteiger partial charge in [-0.2, -0.15) is 5.10 Å². The predicted octanol–water partition coefficient (Wildman–Crippen LogP) is 2.15. The number of carbonyl (C=O) groups is 2. The number of hydrogen-bond donors (Lipinski definition) is 3. The molecular formula is C18H18ClFN6O2. The van der Waals surface area contributed by atoms with Gasteiger partial charge in [0.05, 0.1) is 34.9 Å². The highest BCUT2D eigenvalue weighted by Crippen LogP contribution is 2.34. The van der Waals surface area contributed by atoms with Crippen molar-refractivity contribution in [3.05, 3.63) is 40.3 Å². The summed E-state index contributed by atoms with van der Waals surface area (Å²) >= 11 is 5.86. The van der Waals surface area contributed by atoms with Gasteiger partial charge in [-0.3, -0.25) is 9.48 Å². The lowest BCUT2D eigenvalue weighted by Gasteiger charge is -2.29. The van der Waals surface area contributed by atoms with E-state index in [0.29, 0.717) is 30.0 Å². The predicted molar refractivity (Wildman–Crippen MR) is 101 cm³/mol. The standard InChI is InChI=1S/C18H18ClFN6O2/c19-11-7-10(1-2-12(11)20)15-14(16(22)27)13-8-25(5-6-26(13)24-15)17(28)23-18(9-21)3-4-18/h1-2,7,9,21H,3-6,8H2,(H2,22,27)(H,23,28). The van der Waals surface area contributed by atoms with Gasteiger partial charge in [0.25, 0.3) is 5.91 Å². The lowest BCUT2D eigenvalue weighted by Crippen LogP contribution is -2.49. The van der Waals surface area contributed by atoms with Gasteiger partial charge in [0, 0.05) is 18.3 Å². The number of rotatable bonds is 4. The van der Waals surface area contributed by atoms with Crippen LogP contribution in [0.1, 0.15) is 28.9 Å². The Hall–Kier alpha value is -2.94. The highest BCUT2D eigenvalue weighted by atomic mass is 35.5. The minimum atomic E-state index is -0.683. The van der Waals surface area contributed by atoms with Gasteiger partial charge in [0.15, 0.2) is 0 Å². The van der Waals surface area contributed by atoms with Gasteiger partial charge in [-0.1, -0.05) is 11.6 Å². The molecule has 2 aromatic rings. The Morgan fingerprint density at radius 1 is 1.36 bits per heavy atom. The third-order valence-corrected chi connectivity index (χ3v) is 5.42. The molecule has 4 N–H and O–H groups in total. The highest BCUT2D eigenvalue weighted by Gasteiger charge is 2.43. The maximum absolute atomic E-state index is 13.5. The Bertz CT molecular complexity index is 1000. The van der Waals surface area contributed by atoms with Crippen LogP contribution in [0.2, 0.25) is 5.02 Å². The summed E-state index contributed by atoms with van der Waals surface area (Å²) in [7, 11) is 0. The maximum atomic E-state index is 13.5. The number of fused-ring (bicyclic) bond motifs is 1. The molecular weight excluding hydrogens is 387 g/mol. The lowest BCUT2D eigenvalue weighted by molar-refractivity contribution is 0.0997. The van der Waals surface area contributed by atoms with Crippen LogP contribution in [0, 0.1) is 11.2 Å². The van der Waals surface area contributed by atoms with Gasteiger partial charge >= 0.3 is 6.03 Å². The molecule has 1 saturated carbocycles. The van der Waals surface area contributed by atoms with Crippen LogP contribution < -0.4 is 11.1 Å². The summed E-state index contributed by atoms with van der Waals surface area (Å²) in [4.78, 5) is 26.3. The van der Waals surface area contributed by atoms with Crippen LogP contribution >= 0.6 is 11.6 Å². The van der Waals surface area contributed by atoms with Gasteiger partial charge < -0.3 is 21.4 Å². The summed E-state index contributed by atoms with van der Waals surface area (Å²) in [5, 5.41) is 14.7. The Morgan fingerprint density at radius 2 is 2.11 bits per heavy atom. The first-order valence-electron chi connectivity index (χ1n) is 8.77. The number of benzene rings is 1. The fourth-order valence-electron chi connectivity index (χ4n) is 3.33. The van der Waals surface area contributed by atoms with Crippen LogP contribution in [0.5, 0.6) is 0 Å². The molecule has 2 aliphatic rings. The normalized spacial score (nSPS) is 17.0. The topological polar surface area (TPSA) is 117 Å². The summed E-state index contributed by atoms with van der Waals surface area (Å²) < 4.78 is 15.1. The van der Waals surface area contributed by atoms with E-state index in [-0.39, 0.29) is 23.2 Å². The van der Waals surface area contributed by atoms with Crippen LogP contribution in [-0.2, 0) is 13.1 Å². The van der Waals surface area contributed by atoms with E-state index in [0.717, 1.165) is 12.8 Å². The van der Waals surface area contributed by atoms with Crippen molar-refractivity contribution in [3.8, 4) is 11.3 Å². The van der Waals surface area contributed by atoms with E-state index in [4.69, 9.17) is 22.7 Å². The second-order valence-corrected chi connectivity index (χ2v) is 7.45. The van der Waals surface area contributed by atoms with E-state index in [9.17, 15) is 14.0 Å². The Morgan fingerprint density at radius 3 is 2.71 bits per heavy atom. The number of aromatic nitrogens is 2. The Balaban J connectivity index is 1.66. The van der Waals surface area contributed by atoms with Crippen molar-refractivity contribution in [2.75, 3.05) is 6.54 Å². The minimum absolute atomic E-state index is 0.0822. The second kappa shape index (κ2) is 6.59. The fourth-order valence-corrected chi connectivity index (χ4v) is 3.51. The number of nitrogens with zero attached hydrogens (tertiary/aromatic N) is 3. The molecule has 1 fully saturated rings. The monoisotopic (exact) mass is 404 g/mol. The number of nitrogens with two attached hydrogens (primary N) is 1. The first-order chi connectivity index (χ1) is 13.3. The molecule has 1 aromatic carbocycles. The minimum Gasteiger partial charge on any atom is -0.365 e. The molecule has 0 spiro atoms. The number of primary amides is 1. The SMILES string of the molecule is N=CC1(NC(=O)N2CCn3nc(-c4ccc(F)c(Cl)c4)c(C(N)=O)c3C2)CC1. The van der Waals surface area contributed by atoms with E-state index in [1.165, 1.54) is 24.4 Å². The quantitative estimate of drug-likeness (QED) is 0.677. The maximum Gasteiger partial charge on any atom is 0.318 e. The summed E-state index contributed by atoms with van der Waals surface area (Å²) in [6.07, 6.45) is 2.75. The molecule has 1 aliphatic heterocycles. The van der Waals surface area contributed by atoms with Crippen molar-refractivity contribution in [1.29, 1.82) is 5.41 Å². The molecule has 0 unspecified atom stereocenters. The zero-order chi connectivity index (χ0) is 20.1. The van der Waals surface area contributed by atoms with Gasteiger partial charge in [0.2, 0.25) is 0 Å². The van der Waals surface area contributed by atoms with Gasteiger partial charge in [-0.25, -0.2) is 9.18 Å². The third kappa shape index (κ3) is 3.11. The number of urea groups is 1. The first-order valence-corrected chi connectivity index (χ1v) is 9.15. The molecule has 0 bridgehead atoms. The molecule has 0 radical (unpaired) electrons. The number of halogens is 2. The van der Waals surface area contributed by atoms with Crippen molar-refractivity contribution in [2.45, 2.75) is 31.5 Å². The van der Waals surface area contributed by atoms with Crippen molar-refractivity contribution < 1.29 is 14.0 Å².